The van der Waals surface area contributed by atoms with Crippen LogP contribution in [0.2, 0.25) is 0 Å². The number of hydrogen-bond donors (Lipinski definition) is 1. The molecule has 0 unspecified atom stereocenters. The van der Waals surface area contributed by atoms with Crippen molar-refractivity contribution in [3.63, 3.8) is 0 Å². The number of rotatable bonds is 4. The molecule has 2 aromatic rings. The van der Waals surface area contributed by atoms with Gasteiger partial charge >= 0.3 is 0 Å². The lowest BCUT2D eigenvalue weighted by molar-refractivity contribution is 0.289. The maximum absolute atomic E-state index is 11.4. The molecule has 0 saturated heterocycles. The van der Waals surface area contributed by atoms with E-state index in [0.717, 1.165) is 0 Å². The van der Waals surface area contributed by atoms with Gasteiger partial charge in [0.1, 0.15) is 18.7 Å². The van der Waals surface area contributed by atoms with Crippen molar-refractivity contribution in [2.24, 2.45) is 12.2 Å². The minimum atomic E-state index is -3.72. The first-order chi connectivity index (χ1) is 9.29. The highest BCUT2D eigenvalue weighted by molar-refractivity contribution is 7.89. The van der Waals surface area contributed by atoms with E-state index < -0.39 is 10.0 Å². The second-order valence-corrected chi connectivity index (χ2v) is 6.10. The average molecular weight is 296 g/mol. The molecule has 1 aromatic heterocycles. The van der Waals surface area contributed by atoms with Crippen LogP contribution in [0, 0.1) is 13.8 Å². The fourth-order valence-corrected chi connectivity index (χ4v) is 2.65. The van der Waals surface area contributed by atoms with Crippen molar-refractivity contribution in [3.05, 3.63) is 35.4 Å². The number of sulfonamides is 1. The molecule has 0 aliphatic carbocycles. The summed E-state index contributed by atoms with van der Waals surface area (Å²) in [5.74, 6) is 1.27. The molecular formula is C12H16N4O3S. The molecule has 8 heteroatoms. The molecule has 1 heterocycles. The summed E-state index contributed by atoms with van der Waals surface area (Å²) in [5, 5.41) is 12.8. The summed E-state index contributed by atoms with van der Waals surface area (Å²) in [6.45, 7) is 3.69. The fourth-order valence-electron chi connectivity index (χ4n) is 1.81. The predicted octanol–water partition coefficient (Wildman–Crippen LogP) is 0.658. The van der Waals surface area contributed by atoms with Gasteiger partial charge in [-0.25, -0.2) is 13.6 Å². The lowest BCUT2D eigenvalue weighted by atomic mass is 10.1. The number of aryl methyl sites for hydroxylation is 3. The van der Waals surface area contributed by atoms with Crippen LogP contribution in [-0.4, -0.2) is 23.2 Å². The van der Waals surface area contributed by atoms with Crippen molar-refractivity contribution in [2.45, 2.75) is 25.3 Å². The van der Waals surface area contributed by atoms with Gasteiger partial charge in [-0.2, -0.15) is 0 Å². The molecule has 2 rings (SSSR count). The van der Waals surface area contributed by atoms with E-state index in [1.807, 2.05) is 7.05 Å². The third-order valence-corrected chi connectivity index (χ3v) is 3.99. The number of nitrogens with two attached hydrogens (primary N) is 1. The zero-order valence-corrected chi connectivity index (χ0v) is 12.3. The Morgan fingerprint density at radius 3 is 2.55 bits per heavy atom. The van der Waals surface area contributed by atoms with Crippen molar-refractivity contribution in [2.75, 3.05) is 0 Å². The van der Waals surface area contributed by atoms with Gasteiger partial charge in [0.05, 0.1) is 4.90 Å². The molecule has 0 aliphatic heterocycles. The molecule has 0 spiro atoms. The number of ether oxygens (including phenoxy) is 1. The Morgan fingerprint density at radius 2 is 2.00 bits per heavy atom. The van der Waals surface area contributed by atoms with Gasteiger partial charge in [-0.1, -0.05) is 0 Å². The largest absolute Gasteiger partial charge is 0.485 e. The first kappa shape index (κ1) is 14.5. The Kier molecular flexibility index (Phi) is 3.78. The first-order valence-electron chi connectivity index (χ1n) is 5.89. The molecule has 0 atom stereocenters. The molecule has 0 amide bonds. The number of hydrogen-bond acceptors (Lipinski definition) is 5. The maximum Gasteiger partial charge on any atom is 0.238 e. The number of benzene rings is 1. The number of aromatic nitrogens is 3. The third-order valence-electron chi connectivity index (χ3n) is 2.94. The maximum atomic E-state index is 11.4. The molecule has 0 bridgehead atoms. The molecule has 1 aromatic carbocycles. The van der Waals surface area contributed by atoms with Crippen LogP contribution in [0.5, 0.6) is 5.75 Å². The van der Waals surface area contributed by atoms with E-state index in [1.54, 1.807) is 30.8 Å². The van der Waals surface area contributed by atoms with Crippen molar-refractivity contribution >= 4 is 10.0 Å². The minimum absolute atomic E-state index is 0.112. The van der Waals surface area contributed by atoms with Crippen molar-refractivity contribution < 1.29 is 13.2 Å². The SMILES string of the molecule is Cc1cc(S(N)(=O)=O)c(C)cc1OCc1nncn1C. The van der Waals surface area contributed by atoms with Gasteiger partial charge in [0.15, 0.2) is 5.82 Å². The lowest BCUT2D eigenvalue weighted by Gasteiger charge is -2.12. The quantitative estimate of drug-likeness (QED) is 0.893. The highest BCUT2D eigenvalue weighted by Gasteiger charge is 2.15. The highest BCUT2D eigenvalue weighted by Crippen LogP contribution is 2.25. The molecule has 2 N–H and O–H groups in total. The van der Waals surface area contributed by atoms with E-state index >= 15 is 0 Å². The van der Waals surface area contributed by atoms with Gasteiger partial charge in [-0.05, 0) is 37.1 Å². The Bertz CT molecular complexity index is 737. The molecule has 0 saturated carbocycles. The van der Waals surface area contributed by atoms with Gasteiger partial charge in [0.25, 0.3) is 0 Å². The first-order valence-corrected chi connectivity index (χ1v) is 7.43. The van der Waals surface area contributed by atoms with E-state index in [0.29, 0.717) is 22.7 Å². The van der Waals surface area contributed by atoms with Crippen LogP contribution in [-0.2, 0) is 23.7 Å². The lowest BCUT2D eigenvalue weighted by Crippen LogP contribution is -2.14. The summed E-state index contributed by atoms with van der Waals surface area (Å²) in [6.07, 6.45) is 1.58. The normalized spacial score (nSPS) is 11.6. The van der Waals surface area contributed by atoms with E-state index in [1.165, 1.54) is 6.07 Å². The second kappa shape index (κ2) is 5.22. The smallest absolute Gasteiger partial charge is 0.238 e. The summed E-state index contributed by atoms with van der Waals surface area (Å²) in [6, 6.07) is 3.17. The zero-order valence-electron chi connectivity index (χ0n) is 11.5. The summed E-state index contributed by atoms with van der Waals surface area (Å²) < 4.78 is 30.2. The van der Waals surface area contributed by atoms with E-state index in [2.05, 4.69) is 10.2 Å². The van der Waals surface area contributed by atoms with Crippen molar-refractivity contribution in [3.8, 4) is 5.75 Å². The summed E-state index contributed by atoms with van der Waals surface area (Å²) >= 11 is 0. The Balaban J connectivity index is 2.26. The summed E-state index contributed by atoms with van der Waals surface area (Å²) in [4.78, 5) is 0.112. The van der Waals surface area contributed by atoms with Crippen LogP contribution >= 0.6 is 0 Å². The number of nitrogens with zero attached hydrogens (tertiary/aromatic N) is 3. The minimum Gasteiger partial charge on any atom is -0.485 e. The molecule has 7 nitrogen and oxygen atoms in total. The Morgan fingerprint density at radius 1 is 1.30 bits per heavy atom. The van der Waals surface area contributed by atoms with Crippen LogP contribution in [0.4, 0.5) is 0 Å². The van der Waals surface area contributed by atoms with E-state index in [-0.39, 0.29) is 11.5 Å². The molecule has 0 fully saturated rings. The highest BCUT2D eigenvalue weighted by atomic mass is 32.2. The third kappa shape index (κ3) is 2.97. The second-order valence-electron chi connectivity index (χ2n) is 4.57. The number of primary sulfonamides is 1. The molecule has 0 aliphatic rings. The van der Waals surface area contributed by atoms with Crippen LogP contribution < -0.4 is 9.88 Å². The van der Waals surface area contributed by atoms with Crippen molar-refractivity contribution in [1.82, 2.24) is 14.8 Å². The van der Waals surface area contributed by atoms with Gasteiger partial charge in [0, 0.05) is 7.05 Å². The summed E-state index contributed by atoms with van der Waals surface area (Å²) in [5.41, 5.74) is 1.24. The van der Waals surface area contributed by atoms with Crippen LogP contribution in [0.25, 0.3) is 0 Å². The Labute approximate surface area is 117 Å². The molecule has 108 valence electrons. The average Bonchev–Trinajstić information content (AvgIpc) is 2.74. The van der Waals surface area contributed by atoms with Crippen LogP contribution in [0.3, 0.4) is 0 Å². The monoisotopic (exact) mass is 296 g/mol. The molecular weight excluding hydrogens is 280 g/mol. The van der Waals surface area contributed by atoms with Gasteiger partial charge in [-0.15, -0.1) is 10.2 Å². The van der Waals surface area contributed by atoms with Gasteiger partial charge in [-0.3, -0.25) is 0 Å². The van der Waals surface area contributed by atoms with E-state index in [4.69, 9.17) is 9.88 Å². The van der Waals surface area contributed by atoms with E-state index in [9.17, 15) is 8.42 Å². The summed E-state index contributed by atoms with van der Waals surface area (Å²) in [7, 11) is -1.90. The topological polar surface area (TPSA) is 100 Å². The van der Waals surface area contributed by atoms with Gasteiger partial charge < -0.3 is 9.30 Å². The Hall–Kier alpha value is -1.93. The van der Waals surface area contributed by atoms with Gasteiger partial charge in [0.2, 0.25) is 10.0 Å². The zero-order chi connectivity index (χ0) is 14.9. The van der Waals surface area contributed by atoms with Crippen molar-refractivity contribution in [1.29, 1.82) is 0 Å². The van der Waals surface area contributed by atoms with Crippen LogP contribution in [0.15, 0.2) is 23.4 Å². The molecule has 20 heavy (non-hydrogen) atoms. The molecule has 0 radical (unpaired) electrons. The predicted molar refractivity (Wildman–Crippen MR) is 72.6 cm³/mol. The fraction of sp³-hybridized carbons (Fsp3) is 0.333. The standard InChI is InChI=1S/C12H16N4O3S/c1-8-5-11(20(13,17)18)9(2)4-10(8)19-6-12-15-14-7-16(12)3/h4-5,7H,6H2,1-3H3,(H2,13,17,18). The van der Waals surface area contributed by atoms with Crippen LogP contribution in [0.1, 0.15) is 17.0 Å².